The highest BCUT2D eigenvalue weighted by atomic mass is 16.7. The fourth-order valence-electron chi connectivity index (χ4n) is 2.94. The van der Waals surface area contributed by atoms with Crippen LogP contribution in [0.5, 0.6) is 0 Å². The van der Waals surface area contributed by atoms with Crippen LogP contribution in [0.2, 0.25) is 6.32 Å². The molecule has 1 heterocycles. The van der Waals surface area contributed by atoms with Crippen LogP contribution in [0.1, 0.15) is 44.5 Å². The van der Waals surface area contributed by atoms with Gasteiger partial charge in [-0.2, -0.15) is 0 Å². The minimum Gasteiger partial charge on any atom is -0.403 e. The van der Waals surface area contributed by atoms with Gasteiger partial charge in [0.15, 0.2) is 5.78 Å². The van der Waals surface area contributed by atoms with E-state index in [1.54, 1.807) is 0 Å². The predicted octanol–water partition coefficient (Wildman–Crippen LogP) is 4.50. The highest BCUT2D eigenvalue weighted by Gasteiger charge is 2.50. The van der Waals surface area contributed by atoms with Crippen LogP contribution in [0.4, 0.5) is 0 Å². The average molecular weight is 310 g/mol. The topological polar surface area (TPSA) is 35.5 Å². The fourth-order valence-corrected chi connectivity index (χ4v) is 2.94. The van der Waals surface area contributed by atoms with Gasteiger partial charge in [0.05, 0.1) is 11.2 Å². The summed E-state index contributed by atoms with van der Waals surface area (Å²) in [5.41, 5.74) is 0.0833. The van der Waals surface area contributed by atoms with Crippen molar-refractivity contribution in [3.63, 3.8) is 0 Å². The van der Waals surface area contributed by atoms with Crippen LogP contribution in [0.15, 0.2) is 42.5 Å². The van der Waals surface area contributed by atoms with E-state index in [2.05, 4.69) is 0 Å². The Morgan fingerprint density at radius 2 is 1.57 bits per heavy atom. The van der Waals surface area contributed by atoms with Crippen molar-refractivity contribution in [3.8, 4) is 0 Å². The zero-order valence-corrected chi connectivity index (χ0v) is 14.3. The summed E-state index contributed by atoms with van der Waals surface area (Å²) < 4.78 is 11.9. The average Bonchev–Trinajstić information content (AvgIpc) is 2.72. The van der Waals surface area contributed by atoms with E-state index in [4.69, 9.17) is 9.31 Å². The van der Waals surface area contributed by atoms with Gasteiger partial charge in [0.1, 0.15) is 0 Å². The molecule has 0 bridgehead atoms. The quantitative estimate of drug-likeness (QED) is 0.616. The van der Waals surface area contributed by atoms with Crippen LogP contribution >= 0.6 is 0 Å². The Balaban J connectivity index is 1.71. The molecule has 0 aromatic heterocycles. The Kier molecular flexibility index (Phi) is 4.07. The normalized spacial score (nSPS) is 19.2. The highest BCUT2D eigenvalue weighted by molar-refractivity contribution is 6.46. The van der Waals surface area contributed by atoms with E-state index in [0.717, 1.165) is 16.3 Å². The maximum Gasteiger partial charge on any atom is 0.458 e. The Morgan fingerprint density at radius 1 is 0.957 bits per heavy atom. The monoisotopic (exact) mass is 310 g/mol. The number of Topliss-reactive ketones (excluding diaryl/α,β-unsaturated/α-hetero) is 1. The molecule has 4 heteroatoms. The molecule has 1 aliphatic rings. The van der Waals surface area contributed by atoms with Crippen molar-refractivity contribution in [3.05, 3.63) is 48.0 Å². The Bertz CT molecular complexity index is 715. The van der Waals surface area contributed by atoms with Crippen LogP contribution in [-0.4, -0.2) is 24.1 Å². The molecule has 3 nitrogen and oxygen atoms in total. The summed E-state index contributed by atoms with van der Waals surface area (Å²) in [7, 11) is -0.320. The molecule has 0 spiro atoms. The first-order valence-corrected chi connectivity index (χ1v) is 8.17. The molecule has 0 saturated carbocycles. The molecule has 1 fully saturated rings. The van der Waals surface area contributed by atoms with Gasteiger partial charge in [0, 0.05) is 12.0 Å². The minimum atomic E-state index is -0.347. The molecule has 0 amide bonds. The van der Waals surface area contributed by atoms with Gasteiger partial charge in [-0.15, -0.1) is 0 Å². The molecular formula is C19H23BO3. The first-order chi connectivity index (χ1) is 10.8. The smallest absolute Gasteiger partial charge is 0.403 e. The third-order valence-electron chi connectivity index (χ3n) is 5.00. The van der Waals surface area contributed by atoms with E-state index in [0.29, 0.717) is 12.7 Å². The molecule has 120 valence electrons. The molecule has 2 aromatic rings. The van der Waals surface area contributed by atoms with Crippen molar-refractivity contribution in [1.82, 2.24) is 0 Å². The number of hydrogen-bond donors (Lipinski definition) is 0. The van der Waals surface area contributed by atoms with E-state index in [9.17, 15) is 4.79 Å². The number of carbonyl (C=O) groups is 1. The molecule has 0 radical (unpaired) electrons. The number of ketones is 1. The Hall–Kier alpha value is -1.65. The zero-order valence-electron chi connectivity index (χ0n) is 14.3. The summed E-state index contributed by atoms with van der Waals surface area (Å²) >= 11 is 0. The van der Waals surface area contributed by atoms with Gasteiger partial charge in [-0.1, -0.05) is 42.5 Å². The molecule has 23 heavy (non-hydrogen) atoms. The Morgan fingerprint density at radius 3 is 2.26 bits per heavy atom. The lowest BCUT2D eigenvalue weighted by Crippen LogP contribution is -2.41. The molecule has 1 aliphatic heterocycles. The summed E-state index contributed by atoms with van der Waals surface area (Å²) in [6, 6.07) is 13.8. The zero-order chi connectivity index (χ0) is 16.7. The number of fused-ring (bicyclic) bond motifs is 1. The van der Waals surface area contributed by atoms with Crippen LogP contribution in [0, 0.1) is 0 Å². The van der Waals surface area contributed by atoms with Crippen molar-refractivity contribution < 1.29 is 14.1 Å². The number of rotatable bonds is 4. The lowest BCUT2D eigenvalue weighted by atomic mass is 9.81. The number of hydrogen-bond acceptors (Lipinski definition) is 3. The van der Waals surface area contributed by atoms with E-state index in [1.165, 1.54) is 0 Å². The third-order valence-corrected chi connectivity index (χ3v) is 5.00. The maximum atomic E-state index is 12.6. The van der Waals surface area contributed by atoms with Crippen molar-refractivity contribution in [2.45, 2.75) is 51.6 Å². The standard InChI is InChI=1S/C19H23BO3/c1-18(2)19(3,4)23-20(22-18)13-12-17(21)16-11-7-9-14-8-5-6-10-15(14)16/h5-11H,12-13H2,1-4H3. The molecule has 3 rings (SSSR count). The van der Waals surface area contributed by atoms with Gasteiger partial charge in [0.2, 0.25) is 0 Å². The van der Waals surface area contributed by atoms with Crippen molar-refractivity contribution in [1.29, 1.82) is 0 Å². The SMILES string of the molecule is CC1(C)OB(CCC(=O)c2cccc3ccccc23)OC1(C)C. The molecule has 1 saturated heterocycles. The van der Waals surface area contributed by atoms with E-state index in [1.807, 2.05) is 70.2 Å². The summed E-state index contributed by atoms with van der Waals surface area (Å²) in [4.78, 5) is 12.6. The Labute approximate surface area is 138 Å². The maximum absolute atomic E-state index is 12.6. The van der Waals surface area contributed by atoms with Crippen LogP contribution < -0.4 is 0 Å². The van der Waals surface area contributed by atoms with Gasteiger partial charge in [0.25, 0.3) is 0 Å². The lowest BCUT2D eigenvalue weighted by molar-refractivity contribution is 0.00578. The second-order valence-electron chi connectivity index (χ2n) is 7.17. The predicted molar refractivity (Wildman–Crippen MR) is 93.8 cm³/mol. The van der Waals surface area contributed by atoms with Crippen LogP contribution in [0.25, 0.3) is 10.8 Å². The van der Waals surface area contributed by atoms with E-state index in [-0.39, 0.29) is 24.1 Å². The fraction of sp³-hybridized carbons (Fsp3) is 0.421. The third kappa shape index (κ3) is 3.06. The highest BCUT2D eigenvalue weighted by Crippen LogP contribution is 2.38. The minimum absolute atomic E-state index is 0.136. The van der Waals surface area contributed by atoms with Crippen molar-refractivity contribution in [2.75, 3.05) is 0 Å². The van der Waals surface area contributed by atoms with Gasteiger partial charge in [-0.25, -0.2) is 0 Å². The van der Waals surface area contributed by atoms with Crippen LogP contribution in [-0.2, 0) is 9.31 Å². The van der Waals surface area contributed by atoms with Gasteiger partial charge >= 0.3 is 7.12 Å². The first-order valence-electron chi connectivity index (χ1n) is 8.17. The largest absolute Gasteiger partial charge is 0.458 e. The van der Waals surface area contributed by atoms with Gasteiger partial charge in [-0.05, 0) is 44.8 Å². The summed E-state index contributed by atoms with van der Waals surface area (Å²) in [6.45, 7) is 8.11. The number of benzene rings is 2. The molecule has 0 aliphatic carbocycles. The summed E-state index contributed by atoms with van der Waals surface area (Å²) in [5, 5.41) is 2.10. The first kappa shape index (κ1) is 16.2. The van der Waals surface area contributed by atoms with Crippen molar-refractivity contribution >= 4 is 23.7 Å². The molecule has 0 atom stereocenters. The van der Waals surface area contributed by atoms with E-state index >= 15 is 0 Å². The second kappa shape index (κ2) is 5.77. The summed E-state index contributed by atoms with van der Waals surface area (Å²) in [5.74, 6) is 0.136. The molecular weight excluding hydrogens is 287 g/mol. The van der Waals surface area contributed by atoms with Crippen molar-refractivity contribution in [2.24, 2.45) is 0 Å². The van der Waals surface area contributed by atoms with E-state index < -0.39 is 0 Å². The second-order valence-corrected chi connectivity index (χ2v) is 7.17. The molecule has 0 unspecified atom stereocenters. The lowest BCUT2D eigenvalue weighted by Gasteiger charge is -2.32. The number of carbonyl (C=O) groups excluding carboxylic acids is 1. The molecule has 2 aromatic carbocycles. The summed E-state index contributed by atoms with van der Waals surface area (Å²) in [6.07, 6.45) is 1.000. The van der Waals surface area contributed by atoms with Gasteiger partial charge < -0.3 is 9.31 Å². The van der Waals surface area contributed by atoms with Gasteiger partial charge in [-0.3, -0.25) is 4.79 Å². The molecule has 0 N–H and O–H groups in total. The van der Waals surface area contributed by atoms with Crippen LogP contribution in [0.3, 0.4) is 0 Å².